The summed E-state index contributed by atoms with van der Waals surface area (Å²) in [5.74, 6) is -0.453. The summed E-state index contributed by atoms with van der Waals surface area (Å²) in [5.41, 5.74) is 6.65. The van der Waals surface area contributed by atoms with Crippen LogP contribution in [-0.2, 0) is 6.54 Å². The molecule has 0 aliphatic carbocycles. The fraction of sp³-hybridized carbons (Fsp3) is 0.462. The van der Waals surface area contributed by atoms with Gasteiger partial charge in [0.1, 0.15) is 11.7 Å². The van der Waals surface area contributed by atoms with Crippen LogP contribution in [0.3, 0.4) is 0 Å². The number of benzene rings is 1. The van der Waals surface area contributed by atoms with Crippen molar-refractivity contribution >= 4 is 5.84 Å². The van der Waals surface area contributed by atoms with Gasteiger partial charge in [-0.15, -0.1) is 0 Å². The quantitative estimate of drug-likeness (QED) is 0.589. The normalized spacial score (nSPS) is 11.2. The van der Waals surface area contributed by atoms with Gasteiger partial charge in [0, 0.05) is 25.2 Å². The second kappa shape index (κ2) is 6.47. The fourth-order valence-electron chi connectivity index (χ4n) is 1.66. The van der Waals surface area contributed by atoms with E-state index in [1.54, 1.807) is 6.07 Å². The van der Waals surface area contributed by atoms with Gasteiger partial charge >= 0.3 is 0 Å². The number of halogens is 1. The van der Waals surface area contributed by atoms with Crippen LogP contribution in [0.2, 0.25) is 0 Å². The van der Waals surface area contributed by atoms with Gasteiger partial charge in [-0.25, -0.2) is 4.39 Å². The van der Waals surface area contributed by atoms with Crippen molar-refractivity contribution in [2.45, 2.75) is 6.54 Å². The van der Waals surface area contributed by atoms with Crippen LogP contribution in [0, 0.1) is 11.2 Å². The van der Waals surface area contributed by atoms with Crippen molar-refractivity contribution in [1.82, 2.24) is 9.80 Å². The molecule has 1 rings (SSSR count). The first-order valence-electron chi connectivity index (χ1n) is 5.85. The van der Waals surface area contributed by atoms with Crippen LogP contribution in [0.5, 0.6) is 0 Å². The molecule has 100 valence electrons. The van der Waals surface area contributed by atoms with Crippen molar-refractivity contribution in [2.24, 2.45) is 5.73 Å². The number of hydrogen-bond donors (Lipinski definition) is 2. The van der Waals surface area contributed by atoms with E-state index in [-0.39, 0.29) is 11.7 Å². The highest BCUT2D eigenvalue weighted by atomic mass is 19.1. The first kappa shape index (κ1) is 14.6. The number of hydrogen-bond acceptors (Lipinski definition) is 3. The maximum Gasteiger partial charge on any atom is 0.124 e. The Bertz CT molecular complexity index is 417. The molecule has 0 saturated heterocycles. The third-order valence-electron chi connectivity index (χ3n) is 2.65. The maximum atomic E-state index is 13.4. The minimum Gasteiger partial charge on any atom is -0.384 e. The Morgan fingerprint density at radius 1 is 1.22 bits per heavy atom. The lowest BCUT2D eigenvalue weighted by molar-refractivity contribution is 0.276. The summed E-state index contributed by atoms with van der Waals surface area (Å²) in [6.07, 6.45) is 0. The number of nitrogens with zero attached hydrogens (tertiary/aromatic N) is 2. The van der Waals surface area contributed by atoms with Crippen LogP contribution in [0.25, 0.3) is 0 Å². The van der Waals surface area contributed by atoms with Crippen LogP contribution in [0.1, 0.15) is 11.1 Å². The summed E-state index contributed by atoms with van der Waals surface area (Å²) in [6.45, 7) is 2.50. The zero-order valence-electron chi connectivity index (χ0n) is 11.2. The van der Waals surface area contributed by atoms with E-state index in [1.165, 1.54) is 12.1 Å². The summed E-state index contributed by atoms with van der Waals surface area (Å²) < 4.78 is 13.4. The Labute approximate surface area is 108 Å². The monoisotopic (exact) mass is 252 g/mol. The Hall–Kier alpha value is -1.46. The third kappa shape index (κ3) is 4.81. The third-order valence-corrected chi connectivity index (χ3v) is 2.65. The van der Waals surface area contributed by atoms with Gasteiger partial charge in [-0.3, -0.25) is 5.41 Å². The highest BCUT2D eigenvalue weighted by Gasteiger charge is 2.06. The van der Waals surface area contributed by atoms with Crippen molar-refractivity contribution < 1.29 is 4.39 Å². The molecule has 0 aromatic heterocycles. The minimum atomic E-state index is -0.348. The molecule has 3 N–H and O–H groups in total. The molecule has 0 fully saturated rings. The van der Waals surface area contributed by atoms with E-state index in [2.05, 4.69) is 9.80 Å². The lowest BCUT2D eigenvalue weighted by atomic mass is 10.1. The average Bonchev–Trinajstić information content (AvgIpc) is 2.25. The van der Waals surface area contributed by atoms with E-state index in [9.17, 15) is 4.39 Å². The summed E-state index contributed by atoms with van der Waals surface area (Å²) in [6, 6.07) is 4.53. The molecule has 0 amide bonds. The summed E-state index contributed by atoms with van der Waals surface area (Å²) in [5, 5.41) is 7.34. The minimum absolute atomic E-state index is 0.105. The van der Waals surface area contributed by atoms with Crippen LogP contribution in [0.4, 0.5) is 4.39 Å². The van der Waals surface area contributed by atoms with Gasteiger partial charge in [0.2, 0.25) is 0 Å². The zero-order chi connectivity index (χ0) is 13.7. The van der Waals surface area contributed by atoms with Crippen molar-refractivity contribution in [2.75, 3.05) is 34.2 Å². The van der Waals surface area contributed by atoms with Crippen molar-refractivity contribution in [3.63, 3.8) is 0 Å². The van der Waals surface area contributed by atoms with Crippen LogP contribution in [-0.4, -0.2) is 49.9 Å². The molecule has 1 aromatic carbocycles. The van der Waals surface area contributed by atoms with E-state index in [1.807, 2.05) is 21.1 Å². The molecule has 0 aliphatic rings. The molecule has 0 aliphatic heterocycles. The Morgan fingerprint density at radius 2 is 1.89 bits per heavy atom. The molecular weight excluding hydrogens is 231 g/mol. The van der Waals surface area contributed by atoms with Gasteiger partial charge in [0.25, 0.3) is 0 Å². The molecule has 0 atom stereocenters. The van der Waals surface area contributed by atoms with E-state index in [4.69, 9.17) is 11.1 Å². The van der Waals surface area contributed by atoms with Crippen LogP contribution < -0.4 is 5.73 Å². The standard InChI is InChI=1S/C13H21FN4/c1-17(2)4-5-18(3)9-10-6-11(13(15)16)8-12(14)7-10/h6-8H,4-5,9H2,1-3H3,(H3,15,16). The number of nitrogens with two attached hydrogens (primary N) is 1. The largest absolute Gasteiger partial charge is 0.384 e. The van der Waals surface area contributed by atoms with E-state index in [0.717, 1.165) is 18.7 Å². The predicted octanol–water partition coefficient (Wildman–Crippen LogP) is 1.10. The van der Waals surface area contributed by atoms with E-state index >= 15 is 0 Å². The molecule has 0 heterocycles. The van der Waals surface area contributed by atoms with E-state index < -0.39 is 0 Å². The van der Waals surface area contributed by atoms with Crippen LogP contribution in [0.15, 0.2) is 18.2 Å². The van der Waals surface area contributed by atoms with E-state index in [0.29, 0.717) is 12.1 Å². The number of amidine groups is 1. The lowest BCUT2D eigenvalue weighted by Gasteiger charge is -2.19. The maximum absolute atomic E-state index is 13.4. The van der Waals surface area contributed by atoms with Gasteiger partial charge in [-0.05, 0) is 44.9 Å². The fourth-order valence-corrected chi connectivity index (χ4v) is 1.66. The molecule has 0 unspecified atom stereocenters. The van der Waals surface area contributed by atoms with Gasteiger partial charge < -0.3 is 15.5 Å². The number of likely N-dealkylation sites (N-methyl/N-ethyl adjacent to an activating group) is 2. The van der Waals surface area contributed by atoms with Crippen molar-refractivity contribution in [3.05, 3.63) is 35.1 Å². The molecule has 5 heteroatoms. The molecule has 0 saturated carbocycles. The van der Waals surface area contributed by atoms with Crippen LogP contribution >= 0.6 is 0 Å². The molecule has 0 spiro atoms. The smallest absolute Gasteiger partial charge is 0.124 e. The zero-order valence-corrected chi connectivity index (χ0v) is 11.2. The molecule has 0 radical (unpaired) electrons. The van der Waals surface area contributed by atoms with Gasteiger partial charge in [0.15, 0.2) is 0 Å². The topological polar surface area (TPSA) is 56.4 Å². The average molecular weight is 252 g/mol. The van der Waals surface area contributed by atoms with Crippen molar-refractivity contribution in [1.29, 1.82) is 5.41 Å². The van der Waals surface area contributed by atoms with Gasteiger partial charge in [-0.2, -0.15) is 0 Å². The Balaban J connectivity index is 2.69. The van der Waals surface area contributed by atoms with Gasteiger partial charge in [0.05, 0.1) is 0 Å². The number of nitrogens with one attached hydrogen (secondary N) is 1. The SMILES string of the molecule is CN(C)CCN(C)Cc1cc(F)cc(C(=N)N)c1. The van der Waals surface area contributed by atoms with Gasteiger partial charge in [-0.1, -0.05) is 0 Å². The molecule has 0 bridgehead atoms. The lowest BCUT2D eigenvalue weighted by Crippen LogP contribution is -2.28. The molecular formula is C13H21FN4. The first-order valence-corrected chi connectivity index (χ1v) is 5.85. The Morgan fingerprint density at radius 3 is 2.44 bits per heavy atom. The summed E-state index contributed by atoms with van der Waals surface area (Å²) >= 11 is 0. The molecule has 1 aromatic rings. The predicted molar refractivity (Wildman–Crippen MR) is 72.3 cm³/mol. The Kier molecular flexibility index (Phi) is 5.25. The summed E-state index contributed by atoms with van der Waals surface area (Å²) in [7, 11) is 6.02. The second-order valence-electron chi connectivity index (χ2n) is 4.80. The van der Waals surface area contributed by atoms with Crippen molar-refractivity contribution in [3.8, 4) is 0 Å². The highest BCUT2D eigenvalue weighted by molar-refractivity contribution is 5.95. The summed E-state index contributed by atoms with van der Waals surface area (Å²) in [4.78, 5) is 4.21. The molecule has 4 nitrogen and oxygen atoms in total. The second-order valence-corrected chi connectivity index (χ2v) is 4.80. The number of rotatable bonds is 6. The number of nitrogen functional groups attached to an aromatic ring is 1. The molecule has 18 heavy (non-hydrogen) atoms. The first-order chi connectivity index (χ1) is 8.38. The highest BCUT2D eigenvalue weighted by Crippen LogP contribution is 2.10.